The van der Waals surface area contributed by atoms with Crippen LogP contribution in [0.1, 0.15) is 24.0 Å². The van der Waals surface area contributed by atoms with E-state index in [1.165, 1.54) is 6.07 Å². The summed E-state index contributed by atoms with van der Waals surface area (Å²) in [5.74, 6) is -1.22. The van der Waals surface area contributed by atoms with E-state index in [2.05, 4.69) is 4.90 Å². The largest absolute Gasteiger partial charge is 0.481 e. The number of likely N-dealkylation sites (tertiary alicyclic amines) is 1. The predicted octanol–water partition coefficient (Wildman–Crippen LogP) is 3.08. The Morgan fingerprint density at radius 1 is 1.47 bits per heavy atom. The van der Waals surface area contributed by atoms with Crippen LogP contribution < -0.4 is 0 Å². The van der Waals surface area contributed by atoms with Crippen molar-refractivity contribution in [2.75, 3.05) is 13.1 Å². The number of aryl methyl sites for hydroxylation is 1. The Bertz CT molecular complexity index is 485. The minimum atomic E-state index is -0.723. The molecule has 0 spiro atoms. The SMILES string of the molecule is Cc1cc(Cl)c(CN2CCC(C(=O)O)CC2)cc1F. The lowest BCUT2D eigenvalue weighted by Crippen LogP contribution is -2.35. The molecule has 3 nitrogen and oxygen atoms in total. The zero-order valence-corrected chi connectivity index (χ0v) is 11.6. The van der Waals surface area contributed by atoms with Gasteiger partial charge in [0.25, 0.3) is 0 Å². The molecule has 1 aliphatic rings. The van der Waals surface area contributed by atoms with Gasteiger partial charge in [-0.25, -0.2) is 4.39 Å². The fraction of sp³-hybridized carbons (Fsp3) is 0.500. The van der Waals surface area contributed by atoms with Gasteiger partial charge in [0, 0.05) is 11.6 Å². The molecule has 0 unspecified atom stereocenters. The lowest BCUT2D eigenvalue weighted by atomic mass is 9.97. The van der Waals surface area contributed by atoms with E-state index in [9.17, 15) is 9.18 Å². The van der Waals surface area contributed by atoms with Gasteiger partial charge in [-0.15, -0.1) is 0 Å². The molecule has 1 saturated heterocycles. The summed E-state index contributed by atoms with van der Waals surface area (Å²) in [6, 6.07) is 3.11. The fourth-order valence-corrected chi connectivity index (χ4v) is 2.67. The summed E-state index contributed by atoms with van der Waals surface area (Å²) in [6.45, 7) is 3.68. The Kier molecular flexibility index (Phi) is 4.42. The van der Waals surface area contributed by atoms with Crippen LogP contribution in [0.15, 0.2) is 12.1 Å². The van der Waals surface area contributed by atoms with E-state index in [-0.39, 0.29) is 11.7 Å². The van der Waals surface area contributed by atoms with Crippen LogP contribution >= 0.6 is 11.6 Å². The van der Waals surface area contributed by atoms with E-state index in [1.54, 1.807) is 13.0 Å². The maximum absolute atomic E-state index is 13.5. The van der Waals surface area contributed by atoms with Gasteiger partial charge in [-0.05, 0) is 56.1 Å². The molecule has 0 atom stereocenters. The highest BCUT2D eigenvalue weighted by Crippen LogP contribution is 2.24. The quantitative estimate of drug-likeness (QED) is 0.928. The molecule has 2 rings (SSSR count). The molecule has 1 aliphatic heterocycles. The first kappa shape index (κ1) is 14.3. The third kappa shape index (κ3) is 3.45. The van der Waals surface area contributed by atoms with Gasteiger partial charge in [0.2, 0.25) is 0 Å². The molecule has 104 valence electrons. The lowest BCUT2D eigenvalue weighted by molar-refractivity contribution is -0.143. The van der Waals surface area contributed by atoms with Gasteiger partial charge >= 0.3 is 5.97 Å². The van der Waals surface area contributed by atoms with E-state index < -0.39 is 5.97 Å². The van der Waals surface area contributed by atoms with E-state index >= 15 is 0 Å². The maximum Gasteiger partial charge on any atom is 0.306 e. The molecule has 1 aromatic rings. The maximum atomic E-state index is 13.5. The summed E-state index contributed by atoms with van der Waals surface area (Å²) in [5, 5.41) is 9.50. The van der Waals surface area contributed by atoms with Crippen LogP contribution in [0, 0.1) is 18.7 Å². The van der Waals surface area contributed by atoms with Crippen molar-refractivity contribution in [3.05, 3.63) is 34.1 Å². The van der Waals surface area contributed by atoms with Crippen LogP contribution in [-0.4, -0.2) is 29.1 Å². The van der Waals surface area contributed by atoms with Crippen LogP contribution in [0.5, 0.6) is 0 Å². The summed E-state index contributed by atoms with van der Waals surface area (Å²) < 4.78 is 13.5. The standard InChI is InChI=1S/C14H17ClFNO2/c1-9-6-12(15)11(7-13(9)16)8-17-4-2-10(3-5-17)14(18)19/h6-7,10H,2-5,8H2,1H3,(H,18,19). The molecule has 1 aromatic carbocycles. The topological polar surface area (TPSA) is 40.5 Å². The van der Waals surface area contributed by atoms with Crippen LogP contribution in [0.3, 0.4) is 0 Å². The van der Waals surface area contributed by atoms with Gasteiger partial charge in [0.05, 0.1) is 5.92 Å². The van der Waals surface area contributed by atoms with Gasteiger partial charge in [0.15, 0.2) is 0 Å². The number of hydrogen-bond acceptors (Lipinski definition) is 2. The highest BCUT2D eigenvalue weighted by Gasteiger charge is 2.24. The highest BCUT2D eigenvalue weighted by molar-refractivity contribution is 6.31. The lowest BCUT2D eigenvalue weighted by Gasteiger charge is -2.30. The van der Waals surface area contributed by atoms with Crippen LogP contribution in [0.25, 0.3) is 0 Å². The van der Waals surface area contributed by atoms with Gasteiger partial charge < -0.3 is 5.11 Å². The predicted molar refractivity (Wildman–Crippen MR) is 71.8 cm³/mol. The van der Waals surface area contributed by atoms with Crippen LogP contribution in [0.2, 0.25) is 5.02 Å². The number of carbonyl (C=O) groups is 1. The van der Waals surface area contributed by atoms with E-state index in [1.807, 2.05) is 0 Å². The number of halogens is 2. The summed E-state index contributed by atoms with van der Waals surface area (Å²) in [4.78, 5) is 13.0. The Hall–Kier alpha value is -1.13. The van der Waals surface area contributed by atoms with E-state index in [0.29, 0.717) is 43.1 Å². The van der Waals surface area contributed by atoms with Crippen molar-refractivity contribution in [2.24, 2.45) is 5.92 Å². The van der Waals surface area contributed by atoms with Crippen molar-refractivity contribution in [1.29, 1.82) is 0 Å². The first-order chi connectivity index (χ1) is 8.97. The van der Waals surface area contributed by atoms with Gasteiger partial charge in [-0.2, -0.15) is 0 Å². The Balaban J connectivity index is 1.99. The minimum Gasteiger partial charge on any atom is -0.481 e. The first-order valence-corrected chi connectivity index (χ1v) is 6.75. The highest BCUT2D eigenvalue weighted by atomic mass is 35.5. The zero-order valence-electron chi connectivity index (χ0n) is 10.8. The third-order valence-electron chi connectivity index (χ3n) is 3.66. The average molecular weight is 286 g/mol. The number of piperidine rings is 1. The molecule has 1 fully saturated rings. The Labute approximate surface area is 117 Å². The molecule has 0 aromatic heterocycles. The summed E-state index contributed by atoms with van der Waals surface area (Å²) in [6.07, 6.45) is 1.28. The zero-order chi connectivity index (χ0) is 14.0. The summed E-state index contributed by atoms with van der Waals surface area (Å²) in [7, 11) is 0. The Morgan fingerprint density at radius 2 is 2.11 bits per heavy atom. The summed E-state index contributed by atoms with van der Waals surface area (Å²) in [5.41, 5.74) is 1.30. The molecule has 0 amide bonds. The molecule has 5 heteroatoms. The van der Waals surface area contributed by atoms with E-state index in [0.717, 1.165) is 5.56 Å². The molecule has 0 radical (unpaired) electrons. The monoisotopic (exact) mass is 285 g/mol. The fourth-order valence-electron chi connectivity index (χ4n) is 2.39. The molecule has 1 heterocycles. The molecule has 0 bridgehead atoms. The second-order valence-electron chi connectivity index (χ2n) is 5.08. The van der Waals surface area contributed by atoms with Gasteiger partial charge in [-0.3, -0.25) is 9.69 Å². The Morgan fingerprint density at radius 3 is 2.68 bits per heavy atom. The van der Waals surface area contributed by atoms with Crippen molar-refractivity contribution >= 4 is 17.6 Å². The van der Waals surface area contributed by atoms with Crippen molar-refractivity contribution < 1.29 is 14.3 Å². The van der Waals surface area contributed by atoms with Crippen LogP contribution in [-0.2, 0) is 11.3 Å². The molecular formula is C14H17ClFNO2. The molecule has 1 N–H and O–H groups in total. The van der Waals surface area contributed by atoms with Crippen molar-refractivity contribution in [1.82, 2.24) is 4.90 Å². The minimum absolute atomic E-state index is 0.249. The number of rotatable bonds is 3. The normalized spacial score (nSPS) is 17.6. The number of nitrogens with zero attached hydrogens (tertiary/aromatic N) is 1. The average Bonchev–Trinajstić information content (AvgIpc) is 2.36. The molecule has 0 saturated carbocycles. The number of hydrogen-bond donors (Lipinski definition) is 1. The second-order valence-corrected chi connectivity index (χ2v) is 5.49. The summed E-state index contributed by atoms with van der Waals surface area (Å²) >= 11 is 6.11. The van der Waals surface area contributed by atoms with Gasteiger partial charge in [0.1, 0.15) is 5.82 Å². The number of carboxylic acids is 1. The third-order valence-corrected chi connectivity index (χ3v) is 4.01. The number of carboxylic acid groups (broad SMARTS) is 1. The second kappa shape index (κ2) is 5.88. The smallest absolute Gasteiger partial charge is 0.306 e. The van der Waals surface area contributed by atoms with Crippen molar-refractivity contribution in [3.63, 3.8) is 0 Å². The van der Waals surface area contributed by atoms with Crippen LogP contribution in [0.4, 0.5) is 4.39 Å². The molecular weight excluding hydrogens is 269 g/mol. The number of aliphatic carboxylic acids is 1. The molecule has 0 aliphatic carbocycles. The van der Waals surface area contributed by atoms with Crippen molar-refractivity contribution in [3.8, 4) is 0 Å². The van der Waals surface area contributed by atoms with E-state index in [4.69, 9.17) is 16.7 Å². The first-order valence-electron chi connectivity index (χ1n) is 6.37. The molecule has 19 heavy (non-hydrogen) atoms. The van der Waals surface area contributed by atoms with Crippen molar-refractivity contribution in [2.45, 2.75) is 26.3 Å². The van der Waals surface area contributed by atoms with Gasteiger partial charge in [-0.1, -0.05) is 11.6 Å². The number of benzene rings is 1.